The second-order valence-electron chi connectivity index (χ2n) is 3.71. The highest BCUT2D eigenvalue weighted by molar-refractivity contribution is 4.87. The quantitative estimate of drug-likeness (QED) is 0.534. The largest absolute Gasteiger partial charge is 0.396 e. The third-order valence-corrected chi connectivity index (χ3v) is 2.39. The van der Waals surface area contributed by atoms with Crippen LogP contribution in [0.5, 0.6) is 0 Å². The van der Waals surface area contributed by atoms with Crippen molar-refractivity contribution in [2.24, 2.45) is 0 Å². The third kappa shape index (κ3) is 2.64. The number of rotatable bonds is 5. The van der Waals surface area contributed by atoms with E-state index in [1.54, 1.807) is 0 Å². The molecular weight excluding hydrogens is 172 g/mol. The third-order valence-electron chi connectivity index (χ3n) is 2.39. The first-order valence-corrected chi connectivity index (χ1v) is 4.77. The van der Waals surface area contributed by atoms with E-state index < -0.39 is 11.9 Å². The summed E-state index contributed by atoms with van der Waals surface area (Å²) in [7, 11) is 0. The van der Waals surface area contributed by atoms with Crippen molar-refractivity contribution in [1.82, 2.24) is 0 Å². The monoisotopic (exact) mass is 190 g/mol. The Balaban J connectivity index is 2.19. The predicted molar refractivity (Wildman–Crippen MR) is 47.1 cm³/mol. The summed E-state index contributed by atoms with van der Waals surface area (Å²) in [6, 6.07) is 0. The second-order valence-corrected chi connectivity index (χ2v) is 3.71. The Morgan fingerprint density at radius 2 is 2.15 bits per heavy atom. The van der Waals surface area contributed by atoms with Crippen LogP contribution in [0, 0.1) is 0 Å². The van der Waals surface area contributed by atoms with Gasteiger partial charge < -0.3 is 20.1 Å². The topological polar surface area (TPSA) is 69.9 Å². The molecule has 3 N–H and O–H groups in total. The smallest absolute Gasteiger partial charge is 0.194 e. The Morgan fingerprint density at radius 1 is 1.54 bits per heavy atom. The zero-order chi connectivity index (χ0) is 9.90. The Hall–Kier alpha value is -0.160. The summed E-state index contributed by atoms with van der Waals surface area (Å²) < 4.78 is 5.06. The van der Waals surface area contributed by atoms with Gasteiger partial charge in [-0.1, -0.05) is 0 Å². The number of ether oxygens (including phenoxy) is 1. The molecule has 0 spiro atoms. The Morgan fingerprint density at radius 3 is 2.62 bits per heavy atom. The zero-order valence-corrected chi connectivity index (χ0v) is 7.94. The average molecular weight is 190 g/mol. The number of aliphatic hydroxyl groups excluding tert-OH is 2. The van der Waals surface area contributed by atoms with E-state index in [-0.39, 0.29) is 12.7 Å². The lowest BCUT2D eigenvalue weighted by Crippen LogP contribution is -2.57. The maximum absolute atomic E-state index is 9.61. The van der Waals surface area contributed by atoms with E-state index in [1.165, 1.54) is 0 Å². The molecule has 4 nitrogen and oxygen atoms in total. The van der Waals surface area contributed by atoms with Gasteiger partial charge in [0.1, 0.15) is 6.10 Å². The van der Waals surface area contributed by atoms with Gasteiger partial charge in [-0.25, -0.2) is 0 Å². The fourth-order valence-electron chi connectivity index (χ4n) is 1.64. The van der Waals surface area contributed by atoms with Gasteiger partial charge in [0.05, 0.1) is 6.10 Å². The Bertz CT molecular complexity index is 154. The van der Waals surface area contributed by atoms with Crippen LogP contribution < -0.4 is 0 Å². The first-order chi connectivity index (χ1) is 6.08. The van der Waals surface area contributed by atoms with Gasteiger partial charge in [0.25, 0.3) is 0 Å². The number of aliphatic hydroxyl groups is 3. The molecular formula is C9H18O4. The highest BCUT2D eigenvalue weighted by Gasteiger charge is 2.47. The molecule has 3 unspecified atom stereocenters. The van der Waals surface area contributed by atoms with Gasteiger partial charge in [0, 0.05) is 13.0 Å². The molecule has 13 heavy (non-hydrogen) atoms. The lowest BCUT2D eigenvalue weighted by molar-refractivity contribution is -0.353. The molecule has 1 rings (SSSR count). The van der Waals surface area contributed by atoms with E-state index in [0.717, 1.165) is 0 Å². The number of hydrogen-bond donors (Lipinski definition) is 3. The van der Waals surface area contributed by atoms with Crippen LogP contribution in [0.15, 0.2) is 0 Å². The SMILES string of the molecule is CC1CC(O)(C(O)CCCCO)O1. The van der Waals surface area contributed by atoms with Gasteiger partial charge in [-0.15, -0.1) is 0 Å². The molecule has 1 fully saturated rings. The maximum Gasteiger partial charge on any atom is 0.194 e. The molecule has 0 amide bonds. The highest BCUT2D eigenvalue weighted by Crippen LogP contribution is 2.34. The summed E-state index contributed by atoms with van der Waals surface area (Å²) in [4.78, 5) is 0. The summed E-state index contributed by atoms with van der Waals surface area (Å²) in [5.74, 6) is -1.32. The minimum Gasteiger partial charge on any atom is -0.396 e. The van der Waals surface area contributed by atoms with Gasteiger partial charge in [0.15, 0.2) is 5.79 Å². The van der Waals surface area contributed by atoms with Gasteiger partial charge in [-0.3, -0.25) is 0 Å². The fourth-order valence-corrected chi connectivity index (χ4v) is 1.64. The van der Waals surface area contributed by atoms with E-state index in [1.807, 2.05) is 6.92 Å². The molecule has 1 aliphatic rings. The van der Waals surface area contributed by atoms with Crippen molar-refractivity contribution in [3.05, 3.63) is 0 Å². The molecule has 1 heterocycles. The van der Waals surface area contributed by atoms with Crippen molar-refractivity contribution >= 4 is 0 Å². The summed E-state index contributed by atoms with van der Waals surface area (Å²) in [5.41, 5.74) is 0. The van der Waals surface area contributed by atoms with Crippen LogP contribution in [0.3, 0.4) is 0 Å². The first kappa shape index (κ1) is 10.9. The maximum atomic E-state index is 9.61. The molecule has 1 aliphatic heterocycles. The molecule has 0 aromatic carbocycles. The van der Waals surface area contributed by atoms with Crippen LogP contribution in [-0.4, -0.2) is 39.9 Å². The van der Waals surface area contributed by atoms with E-state index in [9.17, 15) is 10.2 Å². The Labute approximate surface area is 78.1 Å². The highest BCUT2D eigenvalue weighted by atomic mass is 16.7. The van der Waals surface area contributed by atoms with Crippen molar-refractivity contribution in [2.45, 2.75) is 50.6 Å². The molecule has 0 aromatic heterocycles. The molecule has 1 saturated heterocycles. The molecule has 0 radical (unpaired) electrons. The summed E-state index contributed by atoms with van der Waals surface area (Å²) in [6.45, 7) is 1.98. The molecule has 78 valence electrons. The lowest BCUT2D eigenvalue weighted by Gasteiger charge is -2.45. The number of unbranched alkanes of at least 4 members (excludes halogenated alkanes) is 1. The van der Waals surface area contributed by atoms with Crippen LogP contribution >= 0.6 is 0 Å². The molecule has 0 aromatic rings. The molecule has 4 heteroatoms. The molecule has 0 aliphatic carbocycles. The van der Waals surface area contributed by atoms with Crippen LogP contribution in [0.1, 0.15) is 32.6 Å². The van der Waals surface area contributed by atoms with E-state index in [0.29, 0.717) is 25.7 Å². The lowest BCUT2D eigenvalue weighted by atomic mass is 9.93. The average Bonchev–Trinajstić information content (AvgIpc) is 2.02. The van der Waals surface area contributed by atoms with Crippen molar-refractivity contribution in [1.29, 1.82) is 0 Å². The van der Waals surface area contributed by atoms with Crippen LogP contribution in [0.4, 0.5) is 0 Å². The Kier molecular flexibility index (Phi) is 3.67. The second kappa shape index (κ2) is 4.37. The van der Waals surface area contributed by atoms with E-state index in [4.69, 9.17) is 9.84 Å². The summed E-state index contributed by atoms with van der Waals surface area (Å²) in [6.07, 6.45) is 1.55. The van der Waals surface area contributed by atoms with Gasteiger partial charge in [-0.2, -0.15) is 0 Å². The van der Waals surface area contributed by atoms with Gasteiger partial charge in [-0.05, 0) is 26.2 Å². The van der Waals surface area contributed by atoms with Crippen molar-refractivity contribution in [3.63, 3.8) is 0 Å². The normalized spacial score (nSPS) is 35.5. The predicted octanol–water partition coefficient (Wildman–Crippen LogP) is 0.00730. The van der Waals surface area contributed by atoms with Crippen molar-refractivity contribution < 1.29 is 20.1 Å². The fraction of sp³-hybridized carbons (Fsp3) is 1.00. The number of hydrogen-bond acceptors (Lipinski definition) is 4. The van der Waals surface area contributed by atoms with Crippen LogP contribution in [0.25, 0.3) is 0 Å². The van der Waals surface area contributed by atoms with E-state index >= 15 is 0 Å². The molecule has 0 bridgehead atoms. The first-order valence-electron chi connectivity index (χ1n) is 4.77. The van der Waals surface area contributed by atoms with Crippen molar-refractivity contribution in [2.75, 3.05) is 6.61 Å². The minimum atomic E-state index is -1.32. The van der Waals surface area contributed by atoms with Crippen LogP contribution in [-0.2, 0) is 4.74 Å². The van der Waals surface area contributed by atoms with Crippen molar-refractivity contribution in [3.8, 4) is 0 Å². The molecule has 3 atom stereocenters. The van der Waals surface area contributed by atoms with Gasteiger partial charge >= 0.3 is 0 Å². The zero-order valence-electron chi connectivity index (χ0n) is 7.94. The molecule has 0 saturated carbocycles. The summed E-state index contributed by atoms with van der Waals surface area (Å²) >= 11 is 0. The van der Waals surface area contributed by atoms with Crippen LogP contribution in [0.2, 0.25) is 0 Å². The van der Waals surface area contributed by atoms with E-state index in [2.05, 4.69) is 0 Å². The van der Waals surface area contributed by atoms with Gasteiger partial charge in [0.2, 0.25) is 0 Å². The minimum absolute atomic E-state index is 0.0393. The summed E-state index contributed by atoms with van der Waals surface area (Å²) in [5, 5.41) is 27.6. The standard InChI is InChI=1S/C9H18O4/c1-7-6-9(12,13-7)8(11)4-2-3-5-10/h7-8,10-12H,2-6H2,1H3.